The fraction of sp³-hybridized carbons (Fsp3) is 0.158. The van der Waals surface area contributed by atoms with Crippen LogP contribution in [0.15, 0.2) is 48.0 Å². The van der Waals surface area contributed by atoms with Gasteiger partial charge in [0.05, 0.1) is 25.8 Å². The Balaban J connectivity index is 2.11. The van der Waals surface area contributed by atoms with E-state index in [9.17, 15) is 19.1 Å². The van der Waals surface area contributed by atoms with E-state index in [1.54, 1.807) is 12.1 Å². The Bertz CT molecular complexity index is 905. The van der Waals surface area contributed by atoms with Crippen molar-refractivity contribution in [3.05, 3.63) is 65.0 Å². The molecule has 1 atom stereocenters. The number of nitrogens with one attached hydrogen (secondary N) is 1. The number of aliphatic hydroxyl groups is 1. The molecule has 1 aliphatic heterocycles. The Morgan fingerprint density at radius 3 is 2.31 bits per heavy atom. The predicted molar refractivity (Wildman–Crippen MR) is 91.4 cm³/mol. The highest BCUT2D eigenvalue weighted by molar-refractivity contribution is 6.46. The van der Waals surface area contributed by atoms with Crippen LogP contribution in [-0.2, 0) is 9.59 Å². The highest BCUT2D eigenvalue weighted by Gasteiger charge is 2.39. The monoisotopic (exact) mass is 357 g/mol. The smallest absolute Gasteiger partial charge is 0.293 e. The number of Topliss-reactive ketones (excluding diaryl/α,β-unsaturated/α-hetero) is 1. The van der Waals surface area contributed by atoms with Gasteiger partial charge in [0.25, 0.3) is 11.7 Å². The molecular formula is C19H16FNO5. The third-order valence-corrected chi connectivity index (χ3v) is 4.13. The molecule has 0 aromatic heterocycles. The van der Waals surface area contributed by atoms with Gasteiger partial charge in [-0.25, -0.2) is 4.39 Å². The molecule has 1 saturated heterocycles. The van der Waals surface area contributed by atoms with Crippen LogP contribution in [0.25, 0.3) is 5.76 Å². The average Bonchev–Trinajstić information content (AvgIpc) is 2.96. The highest BCUT2D eigenvalue weighted by Crippen LogP contribution is 2.35. The molecule has 1 amide bonds. The topological polar surface area (TPSA) is 84.9 Å². The SMILES string of the molecule is COc1ccc(/C(O)=C2/C(=O)C(=O)NC2c2ccc(F)cc2)cc1OC. The molecule has 2 aromatic carbocycles. The number of hydrogen-bond donors (Lipinski definition) is 2. The lowest BCUT2D eigenvalue weighted by Gasteiger charge is -2.14. The Hall–Kier alpha value is -3.35. The number of aliphatic hydroxyl groups excluding tert-OH is 1. The fourth-order valence-electron chi connectivity index (χ4n) is 2.81. The summed E-state index contributed by atoms with van der Waals surface area (Å²) >= 11 is 0. The third-order valence-electron chi connectivity index (χ3n) is 4.13. The van der Waals surface area contributed by atoms with Crippen LogP contribution in [0.1, 0.15) is 17.2 Å². The molecule has 1 fully saturated rings. The maximum Gasteiger partial charge on any atom is 0.293 e. The van der Waals surface area contributed by atoms with Crippen molar-refractivity contribution in [2.45, 2.75) is 6.04 Å². The number of ether oxygens (including phenoxy) is 2. The van der Waals surface area contributed by atoms with E-state index < -0.39 is 23.5 Å². The Kier molecular flexibility index (Phi) is 4.62. The maximum atomic E-state index is 13.2. The minimum Gasteiger partial charge on any atom is -0.507 e. The van der Waals surface area contributed by atoms with Crippen LogP contribution >= 0.6 is 0 Å². The van der Waals surface area contributed by atoms with Crippen LogP contribution in [-0.4, -0.2) is 31.0 Å². The van der Waals surface area contributed by atoms with E-state index in [1.807, 2.05) is 0 Å². The Morgan fingerprint density at radius 2 is 1.69 bits per heavy atom. The molecule has 134 valence electrons. The van der Waals surface area contributed by atoms with Crippen molar-refractivity contribution in [2.75, 3.05) is 14.2 Å². The second kappa shape index (κ2) is 6.87. The lowest BCUT2D eigenvalue weighted by atomic mass is 9.95. The standard InChI is InChI=1S/C19H16FNO5/c1-25-13-8-5-11(9-14(13)26-2)17(22)15-16(21-19(24)18(15)23)10-3-6-12(20)7-4-10/h3-9,16,22H,1-2H3,(H,21,24)/b17-15-. The zero-order valence-corrected chi connectivity index (χ0v) is 14.1. The highest BCUT2D eigenvalue weighted by atomic mass is 19.1. The Morgan fingerprint density at radius 1 is 1.04 bits per heavy atom. The number of rotatable bonds is 4. The summed E-state index contributed by atoms with van der Waals surface area (Å²) in [5, 5.41) is 13.2. The van der Waals surface area contributed by atoms with Gasteiger partial charge in [0.15, 0.2) is 11.5 Å². The second-order valence-corrected chi connectivity index (χ2v) is 5.62. The quantitative estimate of drug-likeness (QED) is 0.499. The van der Waals surface area contributed by atoms with Crippen molar-refractivity contribution < 1.29 is 28.6 Å². The second-order valence-electron chi connectivity index (χ2n) is 5.62. The number of hydrogen-bond acceptors (Lipinski definition) is 5. The van der Waals surface area contributed by atoms with Gasteiger partial charge in [-0.15, -0.1) is 0 Å². The fourth-order valence-corrected chi connectivity index (χ4v) is 2.81. The van der Waals surface area contributed by atoms with E-state index in [0.717, 1.165) is 0 Å². The molecule has 0 bridgehead atoms. The zero-order chi connectivity index (χ0) is 18.8. The van der Waals surface area contributed by atoms with Crippen molar-refractivity contribution >= 4 is 17.4 Å². The molecule has 26 heavy (non-hydrogen) atoms. The van der Waals surface area contributed by atoms with Gasteiger partial charge < -0.3 is 19.9 Å². The summed E-state index contributed by atoms with van der Waals surface area (Å²) in [6.45, 7) is 0. The summed E-state index contributed by atoms with van der Waals surface area (Å²) in [7, 11) is 2.92. The predicted octanol–water partition coefficient (Wildman–Crippen LogP) is 2.55. The summed E-state index contributed by atoms with van der Waals surface area (Å²) in [4.78, 5) is 24.2. The van der Waals surface area contributed by atoms with E-state index in [0.29, 0.717) is 17.1 Å². The van der Waals surface area contributed by atoms with Gasteiger partial charge in [0.1, 0.15) is 11.6 Å². The van der Waals surface area contributed by atoms with E-state index in [2.05, 4.69) is 5.32 Å². The first-order chi connectivity index (χ1) is 12.5. The molecular weight excluding hydrogens is 341 g/mol. The van der Waals surface area contributed by atoms with Crippen molar-refractivity contribution in [1.29, 1.82) is 0 Å². The third kappa shape index (κ3) is 2.99. The number of ketones is 1. The number of carbonyl (C=O) groups is 2. The van der Waals surface area contributed by atoms with Crippen LogP contribution in [0, 0.1) is 5.82 Å². The van der Waals surface area contributed by atoms with Crippen LogP contribution in [0.4, 0.5) is 4.39 Å². The molecule has 0 radical (unpaired) electrons. The maximum absolute atomic E-state index is 13.2. The normalized spacial score (nSPS) is 18.5. The van der Waals surface area contributed by atoms with Crippen LogP contribution in [0.5, 0.6) is 11.5 Å². The summed E-state index contributed by atoms with van der Waals surface area (Å²) in [5.41, 5.74) is 0.663. The van der Waals surface area contributed by atoms with Crippen molar-refractivity contribution in [2.24, 2.45) is 0 Å². The molecule has 6 nitrogen and oxygen atoms in total. The lowest BCUT2D eigenvalue weighted by molar-refractivity contribution is -0.133. The van der Waals surface area contributed by atoms with Gasteiger partial charge in [-0.05, 0) is 35.9 Å². The first kappa shape index (κ1) is 17.5. The van der Waals surface area contributed by atoms with Crippen molar-refractivity contribution in [3.63, 3.8) is 0 Å². The van der Waals surface area contributed by atoms with E-state index in [4.69, 9.17) is 9.47 Å². The number of carbonyl (C=O) groups excluding carboxylic acids is 2. The number of methoxy groups -OCH3 is 2. The van der Waals surface area contributed by atoms with Gasteiger partial charge >= 0.3 is 0 Å². The first-order valence-electron chi connectivity index (χ1n) is 7.72. The molecule has 0 saturated carbocycles. The van der Waals surface area contributed by atoms with Crippen LogP contribution < -0.4 is 14.8 Å². The minimum absolute atomic E-state index is 0.103. The number of benzene rings is 2. The van der Waals surface area contributed by atoms with Crippen molar-refractivity contribution in [3.8, 4) is 11.5 Å². The van der Waals surface area contributed by atoms with E-state index in [1.165, 1.54) is 44.6 Å². The summed E-state index contributed by atoms with van der Waals surface area (Å²) in [6.07, 6.45) is 0. The van der Waals surface area contributed by atoms with Crippen LogP contribution in [0.3, 0.4) is 0 Å². The minimum atomic E-state index is -0.872. The van der Waals surface area contributed by atoms with Crippen molar-refractivity contribution in [1.82, 2.24) is 5.32 Å². The zero-order valence-electron chi connectivity index (χ0n) is 14.1. The molecule has 1 heterocycles. The van der Waals surface area contributed by atoms with Gasteiger partial charge in [-0.2, -0.15) is 0 Å². The summed E-state index contributed by atoms with van der Waals surface area (Å²) in [6, 6.07) is 9.07. The van der Waals surface area contributed by atoms with Crippen LogP contribution in [0.2, 0.25) is 0 Å². The van der Waals surface area contributed by atoms with Gasteiger partial charge in [-0.3, -0.25) is 9.59 Å². The first-order valence-corrected chi connectivity index (χ1v) is 7.72. The molecule has 7 heteroatoms. The average molecular weight is 357 g/mol. The number of amides is 1. The molecule has 1 unspecified atom stereocenters. The lowest BCUT2D eigenvalue weighted by Crippen LogP contribution is -2.21. The molecule has 2 aromatic rings. The molecule has 1 aliphatic rings. The largest absolute Gasteiger partial charge is 0.507 e. The molecule has 3 rings (SSSR count). The van der Waals surface area contributed by atoms with Gasteiger partial charge in [0, 0.05) is 5.56 Å². The molecule has 0 aliphatic carbocycles. The van der Waals surface area contributed by atoms with Gasteiger partial charge in [-0.1, -0.05) is 12.1 Å². The Labute approximate surface area is 148 Å². The van der Waals surface area contributed by atoms with E-state index in [-0.39, 0.29) is 16.9 Å². The number of halogens is 1. The summed E-state index contributed by atoms with van der Waals surface area (Å²) < 4.78 is 23.5. The molecule has 0 spiro atoms. The molecule has 2 N–H and O–H groups in total. The summed E-state index contributed by atoms with van der Waals surface area (Å²) in [5.74, 6) is -1.66. The van der Waals surface area contributed by atoms with E-state index >= 15 is 0 Å². The van der Waals surface area contributed by atoms with Gasteiger partial charge in [0.2, 0.25) is 0 Å².